The van der Waals surface area contributed by atoms with Crippen molar-refractivity contribution in [3.05, 3.63) is 162 Å². The lowest BCUT2D eigenvalue weighted by Gasteiger charge is -2.19. The number of thiophene rings is 2. The van der Waals surface area contributed by atoms with Crippen LogP contribution in [-0.4, -0.2) is 4.98 Å². The van der Waals surface area contributed by atoms with E-state index in [1.807, 2.05) is 65.1 Å². The molecule has 0 fully saturated rings. The SMILES string of the molecule is c1ccc(-c2nc3cc(C(Cc4ccc5c(c4)sc4ccccc45)c4ccc5sc6ccccc6c5c4)c4oc5ccccc5c4c3o2)cc1. The van der Waals surface area contributed by atoms with Crippen LogP contribution in [0.25, 0.3) is 84.8 Å². The van der Waals surface area contributed by atoms with Gasteiger partial charge in [-0.3, -0.25) is 0 Å². The van der Waals surface area contributed by atoms with Crippen LogP contribution in [0.3, 0.4) is 0 Å². The Kier molecular flexibility index (Phi) is 6.12. The largest absolute Gasteiger partial charge is 0.456 e. The Morgan fingerprint density at radius 1 is 0.520 bits per heavy atom. The third kappa shape index (κ3) is 4.30. The Morgan fingerprint density at radius 3 is 2.04 bits per heavy atom. The van der Waals surface area contributed by atoms with Gasteiger partial charge in [0.25, 0.3) is 0 Å². The summed E-state index contributed by atoms with van der Waals surface area (Å²) in [5, 5.41) is 7.25. The van der Waals surface area contributed by atoms with Gasteiger partial charge >= 0.3 is 0 Å². The Morgan fingerprint density at radius 2 is 1.20 bits per heavy atom. The minimum absolute atomic E-state index is 0.00534. The first-order valence-electron chi connectivity index (χ1n) is 16.9. The van der Waals surface area contributed by atoms with Crippen LogP contribution in [0.2, 0.25) is 0 Å². The first kappa shape index (κ1) is 28.1. The van der Waals surface area contributed by atoms with Gasteiger partial charge in [-0.1, -0.05) is 91.0 Å². The van der Waals surface area contributed by atoms with Crippen LogP contribution in [0.5, 0.6) is 0 Å². The van der Waals surface area contributed by atoms with Crippen LogP contribution in [0, 0.1) is 0 Å². The molecule has 0 spiro atoms. The number of hydrogen-bond acceptors (Lipinski definition) is 5. The van der Waals surface area contributed by atoms with Crippen molar-refractivity contribution in [1.82, 2.24) is 4.98 Å². The third-order valence-corrected chi connectivity index (χ3v) is 12.4. The second-order valence-corrected chi connectivity index (χ2v) is 15.2. The molecule has 11 rings (SSSR count). The topological polar surface area (TPSA) is 39.2 Å². The fraction of sp³-hybridized carbons (Fsp3) is 0.0444. The van der Waals surface area contributed by atoms with Gasteiger partial charge in [0.2, 0.25) is 5.89 Å². The van der Waals surface area contributed by atoms with Crippen LogP contribution in [0.15, 0.2) is 154 Å². The summed E-state index contributed by atoms with van der Waals surface area (Å²) in [5.41, 5.74) is 7.92. The van der Waals surface area contributed by atoms with Crippen molar-refractivity contribution in [3.8, 4) is 11.5 Å². The second-order valence-electron chi connectivity index (χ2n) is 13.0. The van der Waals surface area contributed by atoms with E-state index < -0.39 is 0 Å². The molecular formula is C45H27NO2S2. The van der Waals surface area contributed by atoms with Gasteiger partial charge in [-0.2, -0.15) is 0 Å². The number of rotatable bonds is 5. The molecular weight excluding hydrogens is 651 g/mol. The maximum absolute atomic E-state index is 6.82. The van der Waals surface area contributed by atoms with Gasteiger partial charge in [0, 0.05) is 62.8 Å². The monoisotopic (exact) mass is 677 g/mol. The predicted molar refractivity (Wildman–Crippen MR) is 211 cm³/mol. The minimum Gasteiger partial charge on any atom is -0.456 e. The maximum atomic E-state index is 6.82. The zero-order valence-electron chi connectivity index (χ0n) is 26.7. The number of nitrogens with zero attached hydrogens (tertiary/aromatic N) is 1. The lowest BCUT2D eigenvalue weighted by Crippen LogP contribution is -2.06. The van der Waals surface area contributed by atoms with E-state index in [2.05, 4.69) is 103 Å². The minimum atomic E-state index is -0.00534. The molecule has 7 aromatic carbocycles. The molecule has 0 aliphatic rings. The van der Waals surface area contributed by atoms with E-state index in [9.17, 15) is 0 Å². The number of para-hydroxylation sites is 1. The van der Waals surface area contributed by atoms with Gasteiger partial charge in [-0.05, 0) is 72.1 Å². The average molecular weight is 678 g/mol. The smallest absolute Gasteiger partial charge is 0.227 e. The first-order valence-corrected chi connectivity index (χ1v) is 18.5. The molecule has 0 aliphatic carbocycles. The lowest BCUT2D eigenvalue weighted by atomic mass is 9.84. The van der Waals surface area contributed by atoms with Gasteiger partial charge in [0.1, 0.15) is 16.7 Å². The maximum Gasteiger partial charge on any atom is 0.227 e. The first-order chi connectivity index (χ1) is 24.7. The van der Waals surface area contributed by atoms with E-state index in [0.717, 1.165) is 50.6 Å². The van der Waals surface area contributed by atoms with Crippen molar-refractivity contribution >= 4 is 96.1 Å². The standard InChI is InChI=1S/C45H27NO2S2/c1-2-10-27(11-3-1)45-46-36-25-35(43-42(44(36)48-45)32-14-4-7-15-37(32)47-43)33(28-19-21-40-34(24-28)30-13-6-9-17-39(30)49-40)22-26-18-20-31-29-12-5-8-16-38(29)50-41(31)23-26/h1-21,23-25,33H,22H2. The van der Waals surface area contributed by atoms with Crippen molar-refractivity contribution in [2.75, 3.05) is 0 Å². The molecule has 236 valence electrons. The van der Waals surface area contributed by atoms with Gasteiger partial charge in [0.15, 0.2) is 5.58 Å². The normalized spacial score (nSPS) is 12.8. The Labute approximate surface area is 294 Å². The van der Waals surface area contributed by atoms with Crippen LogP contribution < -0.4 is 0 Å². The third-order valence-electron chi connectivity index (χ3n) is 10.1. The van der Waals surface area contributed by atoms with E-state index in [4.69, 9.17) is 13.8 Å². The van der Waals surface area contributed by atoms with Gasteiger partial charge in [-0.25, -0.2) is 4.98 Å². The van der Waals surface area contributed by atoms with Crippen molar-refractivity contribution in [3.63, 3.8) is 0 Å². The lowest BCUT2D eigenvalue weighted by molar-refractivity contribution is 0.621. The van der Waals surface area contributed by atoms with E-state index in [1.165, 1.54) is 51.5 Å². The fourth-order valence-electron chi connectivity index (χ4n) is 7.76. The van der Waals surface area contributed by atoms with E-state index in [0.29, 0.717) is 5.89 Å². The number of oxazole rings is 1. The van der Waals surface area contributed by atoms with Crippen molar-refractivity contribution in [2.24, 2.45) is 0 Å². The molecule has 11 aromatic rings. The summed E-state index contributed by atoms with van der Waals surface area (Å²) in [6.45, 7) is 0. The van der Waals surface area contributed by atoms with Crippen LogP contribution in [0.1, 0.15) is 22.6 Å². The molecule has 0 aliphatic heterocycles. The molecule has 0 radical (unpaired) electrons. The molecule has 3 nitrogen and oxygen atoms in total. The van der Waals surface area contributed by atoms with Crippen LogP contribution in [-0.2, 0) is 6.42 Å². The van der Waals surface area contributed by atoms with E-state index >= 15 is 0 Å². The molecule has 0 bridgehead atoms. The fourth-order valence-corrected chi connectivity index (χ4v) is 10.0. The summed E-state index contributed by atoms with van der Waals surface area (Å²) in [5.74, 6) is 0.608. The average Bonchev–Trinajstić information content (AvgIpc) is 3.94. The zero-order chi connectivity index (χ0) is 32.8. The molecule has 1 atom stereocenters. The highest BCUT2D eigenvalue weighted by Gasteiger charge is 2.26. The van der Waals surface area contributed by atoms with Crippen molar-refractivity contribution in [2.45, 2.75) is 12.3 Å². The highest BCUT2D eigenvalue weighted by atomic mass is 32.1. The molecule has 4 aromatic heterocycles. The molecule has 4 heterocycles. The van der Waals surface area contributed by atoms with Crippen molar-refractivity contribution < 1.29 is 8.83 Å². The summed E-state index contributed by atoms with van der Waals surface area (Å²) in [6.07, 6.45) is 0.804. The molecule has 0 amide bonds. The molecule has 50 heavy (non-hydrogen) atoms. The summed E-state index contributed by atoms with van der Waals surface area (Å²) < 4.78 is 18.7. The summed E-state index contributed by atoms with van der Waals surface area (Å²) in [7, 11) is 0. The number of benzene rings is 7. The number of hydrogen-bond donors (Lipinski definition) is 0. The van der Waals surface area contributed by atoms with Gasteiger partial charge in [0.05, 0.1) is 5.39 Å². The van der Waals surface area contributed by atoms with E-state index in [1.54, 1.807) is 0 Å². The summed E-state index contributed by atoms with van der Waals surface area (Å²) in [4.78, 5) is 5.11. The van der Waals surface area contributed by atoms with E-state index in [-0.39, 0.29) is 5.92 Å². The molecule has 0 N–H and O–H groups in total. The molecule has 5 heteroatoms. The summed E-state index contributed by atoms with van der Waals surface area (Å²) >= 11 is 3.72. The quantitative estimate of drug-likeness (QED) is 0.182. The van der Waals surface area contributed by atoms with Crippen molar-refractivity contribution in [1.29, 1.82) is 0 Å². The Hall–Kier alpha value is -5.75. The summed E-state index contributed by atoms with van der Waals surface area (Å²) in [6, 6.07) is 52.1. The predicted octanol–water partition coefficient (Wildman–Crippen LogP) is 13.5. The Balaban J connectivity index is 1.18. The van der Waals surface area contributed by atoms with Crippen LogP contribution >= 0.6 is 22.7 Å². The number of fused-ring (bicyclic) bond motifs is 11. The second kappa shape index (κ2) is 10.9. The van der Waals surface area contributed by atoms with Gasteiger partial charge in [-0.15, -0.1) is 22.7 Å². The number of furan rings is 1. The molecule has 1 unspecified atom stereocenters. The highest BCUT2D eigenvalue weighted by Crippen LogP contribution is 2.45. The highest BCUT2D eigenvalue weighted by molar-refractivity contribution is 7.26. The number of aromatic nitrogens is 1. The Bertz CT molecular complexity index is 3090. The van der Waals surface area contributed by atoms with Crippen LogP contribution in [0.4, 0.5) is 0 Å². The molecule has 0 saturated carbocycles. The zero-order valence-corrected chi connectivity index (χ0v) is 28.4. The van der Waals surface area contributed by atoms with Gasteiger partial charge < -0.3 is 8.83 Å². The molecule has 0 saturated heterocycles.